The fourth-order valence-electron chi connectivity index (χ4n) is 2.10. The Labute approximate surface area is 124 Å². The molecule has 0 unspecified atom stereocenters. The lowest BCUT2D eigenvalue weighted by Gasteiger charge is -2.29. The van der Waals surface area contributed by atoms with Gasteiger partial charge in [-0.05, 0) is 38.7 Å². The van der Waals surface area contributed by atoms with Crippen LogP contribution in [0, 0.1) is 6.92 Å². The van der Waals surface area contributed by atoms with Crippen LogP contribution in [0.3, 0.4) is 0 Å². The van der Waals surface area contributed by atoms with Gasteiger partial charge >= 0.3 is 0 Å². The van der Waals surface area contributed by atoms with Crippen molar-refractivity contribution in [3.05, 3.63) is 23.8 Å². The van der Waals surface area contributed by atoms with Gasteiger partial charge in [-0.25, -0.2) is 0 Å². The van der Waals surface area contributed by atoms with Crippen molar-refractivity contribution in [1.29, 1.82) is 0 Å². The Hall–Kier alpha value is -2.08. The molecule has 0 aromatic heterocycles. The van der Waals surface area contributed by atoms with Crippen LogP contribution in [-0.2, 0) is 9.59 Å². The van der Waals surface area contributed by atoms with Gasteiger partial charge in [0.1, 0.15) is 12.3 Å². The van der Waals surface area contributed by atoms with E-state index >= 15 is 0 Å². The van der Waals surface area contributed by atoms with Crippen LogP contribution in [0.2, 0.25) is 0 Å². The van der Waals surface area contributed by atoms with Crippen LogP contribution in [0.5, 0.6) is 5.75 Å². The highest BCUT2D eigenvalue weighted by atomic mass is 16.5. The van der Waals surface area contributed by atoms with Gasteiger partial charge < -0.3 is 15.0 Å². The summed E-state index contributed by atoms with van der Waals surface area (Å²) >= 11 is 0. The van der Waals surface area contributed by atoms with Crippen LogP contribution in [0.25, 0.3) is 0 Å². The molecule has 0 saturated carbocycles. The van der Waals surface area contributed by atoms with E-state index in [9.17, 15) is 9.59 Å². The minimum absolute atomic E-state index is 0.0199. The predicted octanol–water partition coefficient (Wildman–Crippen LogP) is 0.398. The van der Waals surface area contributed by atoms with E-state index in [-0.39, 0.29) is 25.0 Å². The largest absolute Gasteiger partial charge is 0.482 e. The van der Waals surface area contributed by atoms with E-state index in [1.807, 2.05) is 44.1 Å². The minimum atomic E-state index is -0.198. The molecule has 1 aliphatic rings. The molecular weight excluding hydrogens is 270 g/mol. The van der Waals surface area contributed by atoms with E-state index in [4.69, 9.17) is 4.74 Å². The predicted molar refractivity (Wildman–Crippen MR) is 80.6 cm³/mol. The summed E-state index contributed by atoms with van der Waals surface area (Å²) in [6.45, 7) is 3.26. The van der Waals surface area contributed by atoms with Crippen LogP contribution >= 0.6 is 0 Å². The molecule has 0 bridgehead atoms. The van der Waals surface area contributed by atoms with E-state index in [0.29, 0.717) is 18.0 Å². The number of ether oxygens (including phenoxy) is 1. The Morgan fingerprint density at radius 3 is 2.90 bits per heavy atom. The zero-order valence-corrected chi connectivity index (χ0v) is 12.7. The molecule has 0 fully saturated rings. The zero-order chi connectivity index (χ0) is 15.4. The molecule has 114 valence electrons. The van der Waals surface area contributed by atoms with Gasteiger partial charge in [0.2, 0.25) is 5.91 Å². The number of nitrogens with zero attached hydrogens (tertiary/aromatic N) is 2. The molecule has 1 N–H and O–H groups in total. The number of hydrogen-bond donors (Lipinski definition) is 1. The molecule has 6 heteroatoms. The van der Waals surface area contributed by atoms with Crippen molar-refractivity contribution >= 4 is 17.5 Å². The van der Waals surface area contributed by atoms with Crippen LogP contribution in [-0.4, -0.2) is 57.1 Å². The molecule has 0 atom stereocenters. The maximum absolute atomic E-state index is 12.0. The van der Waals surface area contributed by atoms with Crippen molar-refractivity contribution in [2.75, 3.05) is 45.2 Å². The number of likely N-dealkylation sites (N-methyl/N-ethyl adjacent to an activating group) is 1. The molecule has 0 saturated heterocycles. The van der Waals surface area contributed by atoms with Crippen LogP contribution in [0.4, 0.5) is 5.69 Å². The fourth-order valence-corrected chi connectivity index (χ4v) is 2.10. The first-order chi connectivity index (χ1) is 9.97. The van der Waals surface area contributed by atoms with Gasteiger partial charge in [0.25, 0.3) is 5.91 Å². The second kappa shape index (κ2) is 6.58. The highest BCUT2D eigenvalue weighted by Gasteiger charge is 2.27. The Bertz CT molecular complexity index is 543. The fraction of sp³-hybridized carbons (Fsp3) is 0.467. The topological polar surface area (TPSA) is 61.9 Å². The smallest absolute Gasteiger partial charge is 0.265 e. The average molecular weight is 291 g/mol. The standard InChI is InChI=1S/C15H21N3O3/c1-11-4-5-13-12(8-11)18(15(20)10-21-13)9-14(19)16-6-7-17(2)3/h4-5,8H,6-7,9-10H2,1-3H3,(H,16,19). The molecule has 0 spiro atoms. The molecule has 1 aliphatic heterocycles. The lowest BCUT2D eigenvalue weighted by atomic mass is 10.1. The summed E-state index contributed by atoms with van der Waals surface area (Å²) in [5.74, 6) is 0.275. The number of amides is 2. The van der Waals surface area contributed by atoms with Gasteiger partial charge in [0.05, 0.1) is 5.69 Å². The molecule has 0 aliphatic carbocycles. The summed E-state index contributed by atoms with van der Waals surface area (Å²) in [5, 5.41) is 2.81. The highest BCUT2D eigenvalue weighted by Crippen LogP contribution is 2.32. The van der Waals surface area contributed by atoms with E-state index in [2.05, 4.69) is 5.32 Å². The second-order valence-corrected chi connectivity index (χ2v) is 5.39. The van der Waals surface area contributed by atoms with Crippen LogP contribution in [0.1, 0.15) is 5.56 Å². The first-order valence-electron chi connectivity index (χ1n) is 6.92. The SMILES string of the molecule is Cc1ccc2c(c1)N(CC(=O)NCCN(C)C)C(=O)CO2. The lowest BCUT2D eigenvalue weighted by Crippen LogP contribution is -2.46. The van der Waals surface area contributed by atoms with Gasteiger partial charge in [-0.3, -0.25) is 14.5 Å². The van der Waals surface area contributed by atoms with Gasteiger partial charge in [0, 0.05) is 13.1 Å². The first-order valence-corrected chi connectivity index (χ1v) is 6.92. The van der Waals surface area contributed by atoms with Crippen molar-refractivity contribution in [1.82, 2.24) is 10.2 Å². The molecule has 1 aromatic carbocycles. The van der Waals surface area contributed by atoms with Crippen molar-refractivity contribution in [3.8, 4) is 5.75 Å². The van der Waals surface area contributed by atoms with Crippen LogP contribution < -0.4 is 15.0 Å². The van der Waals surface area contributed by atoms with Gasteiger partial charge in [-0.15, -0.1) is 0 Å². The Morgan fingerprint density at radius 1 is 1.43 bits per heavy atom. The Balaban J connectivity index is 2.04. The third-order valence-electron chi connectivity index (χ3n) is 3.24. The molecule has 21 heavy (non-hydrogen) atoms. The second-order valence-electron chi connectivity index (χ2n) is 5.39. The highest BCUT2D eigenvalue weighted by molar-refractivity contribution is 6.02. The number of anilines is 1. The first kappa shape index (κ1) is 15.3. The Morgan fingerprint density at radius 2 is 2.19 bits per heavy atom. The maximum Gasteiger partial charge on any atom is 0.265 e. The summed E-state index contributed by atoms with van der Waals surface area (Å²) in [6, 6.07) is 5.61. The van der Waals surface area contributed by atoms with Gasteiger partial charge in [-0.1, -0.05) is 6.07 Å². The quantitative estimate of drug-likeness (QED) is 0.853. The number of hydrogen-bond acceptors (Lipinski definition) is 4. The number of rotatable bonds is 5. The summed E-state index contributed by atoms with van der Waals surface area (Å²) in [7, 11) is 3.88. The molecule has 1 aromatic rings. The normalized spacial score (nSPS) is 13.9. The number of benzene rings is 1. The van der Waals surface area contributed by atoms with Crippen molar-refractivity contribution in [2.24, 2.45) is 0 Å². The van der Waals surface area contributed by atoms with E-state index in [1.165, 1.54) is 4.90 Å². The third-order valence-corrected chi connectivity index (χ3v) is 3.24. The molecule has 1 heterocycles. The average Bonchev–Trinajstić information content (AvgIpc) is 2.42. The minimum Gasteiger partial charge on any atom is -0.482 e. The molecular formula is C15H21N3O3. The summed E-state index contributed by atoms with van der Waals surface area (Å²) < 4.78 is 5.39. The zero-order valence-electron chi connectivity index (χ0n) is 12.7. The van der Waals surface area contributed by atoms with Gasteiger partial charge in [-0.2, -0.15) is 0 Å². The van der Waals surface area contributed by atoms with Crippen LogP contribution in [0.15, 0.2) is 18.2 Å². The van der Waals surface area contributed by atoms with Gasteiger partial charge in [0.15, 0.2) is 6.61 Å². The number of carbonyl (C=O) groups excluding carboxylic acids is 2. The molecule has 2 amide bonds. The number of carbonyl (C=O) groups is 2. The monoisotopic (exact) mass is 291 g/mol. The maximum atomic E-state index is 12.0. The molecule has 6 nitrogen and oxygen atoms in total. The molecule has 2 rings (SSSR count). The number of aryl methyl sites for hydroxylation is 1. The summed E-state index contributed by atoms with van der Waals surface area (Å²) in [4.78, 5) is 27.4. The molecule has 0 radical (unpaired) electrons. The number of fused-ring (bicyclic) bond motifs is 1. The third kappa shape index (κ3) is 3.95. The summed E-state index contributed by atoms with van der Waals surface area (Å²) in [5.41, 5.74) is 1.68. The Kier molecular flexibility index (Phi) is 4.80. The van der Waals surface area contributed by atoms with E-state index in [1.54, 1.807) is 0 Å². The van der Waals surface area contributed by atoms with Crippen molar-refractivity contribution < 1.29 is 14.3 Å². The van der Waals surface area contributed by atoms with Crippen molar-refractivity contribution in [2.45, 2.75) is 6.92 Å². The lowest BCUT2D eigenvalue weighted by molar-refractivity contribution is -0.125. The van der Waals surface area contributed by atoms with Crippen molar-refractivity contribution in [3.63, 3.8) is 0 Å². The van der Waals surface area contributed by atoms with E-state index in [0.717, 1.165) is 12.1 Å². The number of nitrogens with one attached hydrogen (secondary N) is 1. The van der Waals surface area contributed by atoms with E-state index < -0.39 is 0 Å². The summed E-state index contributed by atoms with van der Waals surface area (Å²) in [6.07, 6.45) is 0.